The Labute approximate surface area is 114 Å². The molecule has 0 aliphatic carbocycles. The molecular weight excluding hydrogens is 238 g/mol. The molecule has 0 aliphatic rings. The van der Waals surface area contributed by atoms with Crippen molar-refractivity contribution in [1.82, 2.24) is 24.9 Å². The highest BCUT2D eigenvalue weighted by molar-refractivity contribution is 5.03. The van der Waals surface area contributed by atoms with Crippen LogP contribution in [0.25, 0.3) is 0 Å². The molecule has 5 nitrogen and oxygen atoms in total. The lowest BCUT2D eigenvalue weighted by Crippen LogP contribution is -2.18. The topological polar surface area (TPSA) is 47.7 Å². The molecule has 0 spiro atoms. The van der Waals surface area contributed by atoms with Gasteiger partial charge in [0.15, 0.2) is 0 Å². The number of aromatic nitrogens is 4. The molecule has 0 aromatic carbocycles. The summed E-state index contributed by atoms with van der Waals surface area (Å²) in [7, 11) is 0. The van der Waals surface area contributed by atoms with E-state index < -0.39 is 0 Å². The summed E-state index contributed by atoms with van der Waals surface area (Å²) >= 11 is 0. The van der Waals surface area contributed by atoms with E-state index in [1.54, 1.807) is 0 Å². The van der Waals surface area contributed by atoms with Gasteiger partial charge in [-0.1, -0.05) is 6.92 Å². The minimum absolute atomic E-state index is 0.450. The summed E-state index contributed by atoms with van der Waals surface area (Å²) in [4.78, 5) is 0. The molecule has 0 bridgehead atoms. The Balaban J connectivity index is 1.87. The normalized spacial score (nSPS) is 12.8. The van der Waals surface area contributed by atoms with Gasteiger partial charge < -0.3 is 5.32 Å². The second-order valence-corrected chi connectivity index (χ2v) is 4.79. The predicted molar refractivity (Wildman–Crippen MR) is 75.7 cm³/mol. The fourth-order valence-corrected chi connectivity index (χ4v) is 2.04. The van der Waals surface area contributed by atoms with Gasteiger partial charge in [-0.15, -0.1) is 0 Å². The van der Waals surface area contributed by atoms with E-state index in [0.717, 1.165) is 31.7 Å². The summed E-state index contributed by atoms with van der Waals surface area (Å²) in [6.07, 6.45) is 4.98. The van der Waals surface area contributed by atoms with Crippen molar-refractivity contribution in [1.29, 1.82) is 0 Å². The van der Waals surface area contributed by atoms with Crippen LogP contribution in [0.4, 0.5) is 0 Å². The molecule has 0 saturated heterocycles. The molecule has 0 amide bonds. The first kappa shape index (κ1) is 13.8. The van der Waals surface area contributed by atoms with Gasteiger partial charge in [0.1, 0.15) is 0 Å². The van der Waals surface area contributed by atoms with Crippen LogP contribution in [0.15, 0.2) is 24.5 Å². The molecule has 1 atom stereocenters. The second kappa shape index (κ2) is 6.52. The summed E-state index contributed by atoms with van der Waals surface area (Å²) in [5.41, 5.74) is 2.31. The number of rotatable bonds is 7. The van der Waals surface area contributed by atoms with E-state index in [1.165, 1.54) is 5.69 Å². The summed E-state index contributed by atoms with van der Waals surface area (Å²) in [5.74, 6) is 0. The Morgan fingerprint density at radius 2 is 2.11 bits per heavy atom. The molecule has 1 N–H and O–H groups in total. The van der Waals surface area contributed by atoms with Gasteiger partial charge in [0.25, 0.3) is 0 Å². The highest BCUT2D eigenvalue weighted by Gasteiger charge is 2.08. The van der Waals surface area contributed by atoms with Crippen LogP contribution in [0.1, 0.15) is 44.6 Å². The van der Waals surface area contributed by atoms with Crippen molar-refractivity contribution in [2.75, 3.05) is 0 Å². The Hall–Kier alpha value is -1.62. The Morgan fingerprint density at radius 1 is 1.26 bits per heavy atom. The lowest BCUT2D eigenvalue weighted by molar-refractivity contribution is 0.451. The van der Waals surface area contributed by atoms with Crippen molar-refractivity contribution in [2.45, 2.75) is 52.9 Å². The largest absolute Gasteiger partial charge is 0.305 e. The van der Waals surface area contributed by atoms with Crippen molar-refractivity contribution < 1.29 is 0 Å². The third-order valence-electron chi connectivity index (χ3n) is 3.39. The van der Waals surface area contributed by atoms with Crippen molar-refractivity contribution in [3.8, 4) is 0 Å². The number of hydrogen-bond donors (Lipinski definition) is 1. The Morgan fingerprint density at radius 3 is 2.79 bits per heavy atom. The standard InChI is InChI=1S/C14H23N5/c1-4-12(3)19-14(6-8-16-19)11-15-10-13-7-9-18(5-2)17-13/h6-9,12,15H,4-5,10-11H2,1-3H3. The molecule has 2 rings (SSSR count). The zero-order valence-corrected chi connectivity index (χ0v) is 12.0. The third kappa shape index (κ3) is 3.44. The SMILES string of the molecule is CCC(C)n1nccc1CNCc1ccn(CC)n1. The maximum Gasteiger partial charge on any atom is 0.0762 e. The summed E-state index contributed by atoms with van der Waals surface area (Å²) in [6.45, 7) is 9.00. The highest BCUT2D eigenvalue weighted by atomic mass is 15.3. The van der Waals surface area contributed by atoms with Crippen LogP contribution in [0.2, 0.25) is 0 Å². The average Bonchev–Trinajstić information content (AvgIpc) is 3.06. The van der Waals surface area contributed by atoms with E-state index in [2.05, 4.69) is 53.1 Å². The maximum atomic E-state index is 4.45. The lowest BCUT2D eigenvalue weighted by atomic mass is 10.2. The fraction of sp³-hybridized carbons (Fsp3) is 0.571. The van der Waals surface area contributed by atoms with Crippen molar-refractivity contribution in [3.63, 3.8) is 0 Å². The van der Waals surface area contributed by atoms with Crippen LogP contribution in [0.3, 0.4) is 0 Å². The lowest BCUT2D eigenvalue weighted by Gasteiger charge is -2.13. The van der Waals surface area contributed by atoms with E-state index in [-0.39, 0.29) is 0 Å². The van der Waals surface area contributed by atoms with E-state index in [0.29, 0.717) is 6.04 Å². The number of nitrogens with one attached hydrogen (secondary N) is 1. The Bertz CT molecular complexity index is 499. The maximum absolute atomic E-state index is 4.45. The van der Waals surface area contributed by atoms with E-state index in [9.17, 15) is 0 Å². The zero-order valence-electron chi connectivity index (χ0n) is 12.0. The van der Waals surface area contributed by atoms with Crippen LogP contribution in [-0.2, 0) is 19.6 Å². The van der Waals surface area contributed by atoms with Gasteiger partial charge in [-0.3, -0.25) is 9.36 Å². The highest BCUT2D eigenvalue weighted by Crippen LogP contribution is 2.12. The first-order valence-corrected chi connectivity index (χ1v) is 7.00. The minimum Gasteiger partial charge on any atom is -0.305 e. The van der Waals surface area contributed by atoms with Gasteiger partial charge in [0.05, 0.1) is 11.4 Å². The summed E-state index contributed by atoms with van der Waals surface area (Å²) in [5, 5.41) is 12.3. The van der Waals surface area contributed by atoms with E-state index in [1.807, 2.05) is 17.1 Å². The molecule has 0 aliphatic heterocycles. The molecular formula is C14H23N5. The summed E-state index contributed by atoms with van der Waals surface area (Å²) < 4.78 is 4.04. The van der Waals surface area contributed by atoms with Gasteiger partial charge >= 0.3 is 0 Å². The number of hydrogen-bond acceptors (Lipinski definition) is 3. The van der Waals surface area contributed by atoms with Crippen LogP contribution in [0, 0.1) is 0 Å². The van der Waals surface area contributed by atoms with Crippen LogP contribution in [0.5, 0.6) is 0 Å². The minimum atomic E-state index is 0.450. The van der Waals surface area contributed by atoms with Crippen LogP contribution < -0.4 is 5.32 Å². The van der Waals surface area contributed by atoms with Crippen molar-refractivity contribution in [2.24, 2.45) is 0 Å². The predicted octanol–water partition coefficient (Wildman–Crippen LogP) is 2.36. The van der Waals surface area contributed by atoms with E-state index in [4.69, 9.17) is 0 Å². The molecule has 2 heterocycles. The molecule has 19 heavy (non-hydrogen) atoms. The fourth-order valence-electron chi connectivity index (χ4n) is 2.04. The average molecular weight is 261 g/mol. The molecule has 2 aromatic rings. The zero-order chi connectivity index (χ0) is 13.7. The van der Waals surface area contributed by atoms with Gasteiger partial charge in [-0.2, -0.15) is 10.2 Å². The monoisotopic (exact) mass is 261 g/mol. The van der Waals surface area contributed by atoms with Gasteiger partial charge in [-0.05, 0) is 32.4 Å². The van der Waals surface area contributed by atoms with Gasteiger partial charge in [0.2, 0.25) is 0 Å². The van der Waals surface area contributed by atoms with Crippen LogP contribution in [-0.4, -0.2) is 19.6 Å². The Kier molecular flexibility index (Phi) is 4.74. The molecule has 0 fully saturated rings. The van der Waals surface area contributed by atoms with Gasteiger partial charge in [0, 0.05) is 38.1 Å². The molecule has 104 valence electrons. The second-order valence-electron chi connectivity index (χ2n) is 4.79. The third-order valence-corrected chi connectivity index (χ3v) is 3.39. The number of aryl methyl sites for hydroxylation is 1. The first-order chi connectivity index (χ1) is 9.24. The molecule has 2 aromatic heterocycles. The number of nitrogens with zero attached hydrogens (tertiary/aromatic N) is 4. The molecule has 0 radical (unpaired) electrons. The molecule has 1 unspecified atom stereocenters. The molecule has 5 heteroatoms. The van der Waals surface area contributed by atoms with Gasteiger partial charge in [-0.25, -0.2) is 0 Å². The smallest absolute Gasteiger partial charge is 0.0762 e. The summed E-state index contributed by atoms with van der Waals surface area (Å²) in [6, 6.07) is 4.58. The molecule has 0 saturated carbocycles. The first-order valence-electron chi connectivity index (χ1n) is 7.00. The quantitative estimate of drug-likeness (QED) is 0.832. The van der Waals surface area contributed by atoms with Crippen molar-refractivity contribution in [3.05, 3.63) is 35.9 Å². The van der Waals surface area contributed by atoms with E-state index >= 15 is 0 Å². The van der Waals surface area contributed by atoms with Crippen molar-refractivity contribution >= 4 is 0 Å². The van der Waals surface area contributed by atoms with Crippen LogP contribution >= 0.6 is 0 Å².